The summed E-state index contributed by atoms with van der Waals surface area (Å²) in [5.41, 5.74) is 0.731. The molecular weight excluding hydrogens is 556 g/mol. The Kier molecular flexibility index (Phi) is 11.0. The van der Waals surface area contributed by atoms with Gasteiger partial charge in [-0.25, -0.2) is 8.42 Å². The van der Waals surface area contributed by atoms with Gasteiger partial charge in [0.2, 0.25) is 21.8 Å². The Morgan fingerprint density at radius 3 is 2.11 bits per heavy atom. The van der Waals surface area contributed by atoms with Gasteiger partial charge in [0, 0.05) is 18.1 Å². The van der Waals surface area contributed by atoms with Crippen molar-refractivity contribution in [1.82, 2.24) is 10.2 Å². The molecule has 0 aliphatic carbocycles. The highest BCUT2D eigenvalue weighted by molar-refractivity contribution is 7.92. The van der Waals surface area contributed by atoms with Crippen molar-refractivity contribution in [3.63, 3.8) is 0 Å². The molecule has 0 saturated heterocycles. The second kappa shape index (κ2) is 13.0. The van der Waals surface area contributed by atoms with Crippen molar-refractivity contribution in [2.45, 2.75) is 39.3 Å². The van der Waals surface area contributed by atoms with Gasteiger partial charge in [0.15, 0.2) is 0 Å². The fraction of sp³-hybridized carbons (Fsp3) is 0.391. The number of sulfonamides is 1. The molecule has 35 heavy (non-hydrogen) atoms. The molecule has 0 radical (unpaired) electrons. The summed E-state index contributed by atoms with van der Waals surface area (Å²) in [4.78, 5) is 27.9. The Balaban J connectivity index is 2.48. The van der Waals surface area contributed by atoms with E-state index in [0.717, 1.165) is 22.5 Å². The first-order chi connectivity index (χ1) is 16.4. The predicted molar refractivity (Wildman–Crippen MR) is 143 cm³/mol. The lowest BCUT2D eigenvalue weighted by atomic mass is 10.1. The predicted octanol–water partition coefficient (Wildman–Crippen LogP) is 5.40. The van der Waals surface area contributed by atoms with Gasteiger partial charge in [-0.15, -0.1) is 0 Å². The maximum Gasteiger partial charge on any atom is 0.244 e. The second-order valence-electron chi connectivity index (χ2n) is 7.85. The van der Waals surface area contributed by atoms with Crippen molar-refractivity contribution in [3.05, 3.63) is 62.1 Å². The first-order valence-electron chi connectivity index (χ1n) is 10.8. The molecule has 2 aromatic rings. The summed E-state index contributed by atoms with van der Waals surface area (Å²) in [7, 11) is -3.96. The highest BCUT2D eigenvalue weighted by atomic mass is 35.5. The lowest BCUT2D eigenvalue weighted by molar-refractivity contribution is -0.140. The molecule has 1 atom stereocenters. The maximum atomic E-state index is 13.6. The van der Waals surface area contributed by atoms with Crippen LogP contribution in [-0.2, 0) is 26.2 Å². The van der Waals surface area contributed by atoms with Gasteiger partial charge in [0.25, 0.3) is 0 Å². The Bertz CT molecular complexity index is 1160. The second-order valence-corrected chi connectivity index (χ2v) is 11.4. The van der Waals surface area contributed by atoms with Crippen molar-refractivity contribution in [2.75, 3.05) is 23.7 Å². The molecule has 2 rings (SSSR count). The van der Waals surface area contributed by atoms with Crippen LogP contribution in [0.25, 0.3) is 0 Å². The number of halogens is 4. The third kappa shape index (κ3) is 8.15. The molecule has 0 unspecified atom stereocenters. The minimum Gasteiger partial charge on any atom is -0.354 e. The molecule has 0 fully saturated rings. The van der Waals surface area contributed by atoms with Crippen LogP contribution in [0.4, 0.5) is 5.69 Å². The van der Waals surface area contributed by atoms with Crippen LogP contribution in [0.3, 0.4) is 0 Å². The van der Waals surface area contributed by atoms with Crippen LogP contribution >= 0.6 is 46.4 Å². The van der Waals surface area contributed by atoms with Crippen molar-refractivity contribution >= 4 is 73.9 Å². The number of nitrogens with zero attached hydrogens (tertiary/aromatic N) is 2. The highest BCUT2D eigenvalue weighted by Gasteiger charge is 2.32. The van der Waals surface area contributed by atoms with Crippen LogP contribution in [0, 0.1) is 0 Å². The molecule has 0 bridgehead atoms. The standard InChI is InChI=1S/C23H27Cl4N3O4S/c1-4-10-28-23(32)20(5-2)29(13-15-6-8-16(24)9-7-15)22(31)14-30(35(3,33)34)21-12-18(26)17(25)11-19(21)27/h6-9,11-12,20H,4-5,10,13-14H2,1-3H3,(H,28,32)/t20-/m0/s1. The number of amides is 2. The van der Waals surface area contributed by atoms with Gasteiger partial charge in [-0.3, -0.25) is 13.9 Å². The van der Waals surface area contributed by atoms with E-state index < -0.39 is 28.5 Å². The third-order valence-corrected chi connectivity index (χ3v) is 7.54. The summed E-state index contributed by atoms with van der Waals surface area (Å²) in [6.07, 6.45) is 2.00. The van der Waals surface area contributed by atoms with Crippen LogP contribution < -0.4 is 9.62 Å². The van der Waals surface area contributed by atoms with Gasteiger partial charge < -0.3 is 10.2 Å². The van der Waals surface area contributed by atoms with E-state index in [1.807, 2.05) is 6.92 Å². The number of carbonyl (C=O) groups excluding carboxylic acids is 2. The van der Waals surface area contributed by atoms with Crippen molar-refractivity contribution in [3.8, 4) is 0 Å². The molecule has 0 aromatic heterocycles. The van der Waals surface area contributed by atoms with E-state index in [1.54, 1.807) is 31.2 Å². The molecule has 0 aliphatic heterocycles. The first-order valence-corrected chi connectivity index (χ1v) is 14.2. The molecule has 1 N–H and O–H groups in total. The molecule has 0 saturated carbocycles. The van der Waals surface area contributed by atoms with Crippen LogP contribution in [0.5, 0.6) is 0 Å². The van der Waals surface area contributed by atoms with Gasteiger partial charge in [0.1, 0.15) is 12.6 Å². The summed E-state index contributed by atoms with van der Waals surface area (Å²) < 4.78 is 26.2. The summed E-state index contributed by atoms with van der Waals surface area (Å²) in [5.74, 6) is -0.916. The summed E-state index contributed by atoms with van der Waals surface area (Å²) >= 11 is 24.3. The molecule has 7 nitrogen and oxygen atoms in total. The van der Waals surface area contributed by atoms with E-state index in [0.29, 0.717) is 18.0 Å². The fourth-order valence-electron chi connectivity index (χ4n) is 3.37. The lowest BCUT2D eigenvalue weighted by Crippen LogP contribution is -2.52. The fourth-order valence-corrected chi connectivity index (χ4v) is 5.04. The number of hydrogen-bond acceptors (Lipinski definition) is 4. The summed E-state index contributed by atoms with van der Waals surface area (Å²) in [6.45, 7) is 3.63. The highest BCUT2D eigenvalue weighted by Crippen LogP contribution is 2.35. The number of anilines is 1. The van der Waals surface area contributed by atoms with Crippen LogP contribution in [0.1, 0.15) is 32.3 Å². The summed E-state index contributed by atoms with van der Waals surface area (Å²) in [6, 6.07) is 8.60. The minimum atomic E-state index is -3.96. The number of carbonyl (C=O) groups is 2. The number of hydrogen-bond donors (Lipinski definition) is 1. The van der Waals surface area contributed by atoms with E-state index >= 15 is 0 Å². The van der Waals surface area contributed by atoms with Gasteiger partial charge in [-0.2, -0.15) is 0 Å². The molecule has 12 heteroatoms. The number of rotatable bonds is 11. The van der Waals surface area contributed by atoms with E-state index in [2.05, 4.69) is 5.32 Å². The SMILES string of the molecule is CCCNC(=O)[C@H](CC)N(Cc1ccc(Cl)cc1)C(=O)CN(c1cc(Cl)c(Cl)cc1Cl)S(C)(=O)=O. The number of benzene rings is 2. The Labute approximate surface area is 226 Å². The quantitative estimate of drug-likeness (QED) is 0.359. The molecule has 0 aliphatic rings. The Hall–Kier alpha value is -1.71. The average molecular weight is 583 g/mol. The zero-order valence-corrected chi connectivity index (χ0v) is 23.4. The van der Waals surface area contributed by atoms with Crippen LogP contribution in [0.2, 0.25) is 20.1 Å². The largest absolute Gasteiger partial charge is 0.354 e. The zero-order valence-electron chi connectivity index (χ0n) is 19.5. The van der Waals surface area contributed by atoms with Crippen molar-refractivity contribution < 1.29 is 18.0 Å². The normalized spacial score (nSPS) is 12.2. The van der Waals surface area contributed by atoms with E-state index in [1.165, 1.54) is 17.0 Å². The Morgan fingerprint density at radius 1 is 0.971 bits per heavy atom. The average Bonchev–Trinajstić information content (AvgIpc) is 2.79. The maximum absolute atomic E-state index is 13.6. The van der Waals surface area contributed by atoms with Gasteiger partial charge in [-0.1, -0.05) is 72.4 Å². The van der Waals surface area contributed by atoms with E-state index in [4.69, 9.17) is 46.4 Å². The molecule has 2 aromatic carbocycles. The minimum absolute atomic E-state index is 0.00634. The molecule has 0 spiro atoms. The third-order valence-electron chi connectivity index (χ3n) is 5.14. The molecule has 0 heterocycles. The van der Waals surface area contributed by atoms with Crippen LogP contribution in [0.15, 0.2) is 36.4 Å². The smallest absolute Gasteiger partial charge is 0.244 e. The Morgan fingerprint density at radius 2 is 1.57 bits per heavy atom. The number of nitrogens with one attached hydrogen (secondary N) is 1. The molecular formula is C23H27Cl4N3O4S. The van der Waals surface area contributed by atoms with Crippen molar-refractivity contribution in [2.24, 2.45) is 0 Å². The molecule has 192 valence electrons. The van der Waals surface area contributed by atoms with Gasteiger partial charge in [0.05, 0.1) is 27.0 Å². The van der Waals surface area contributed by atoms with Gasteiger partial charge >= 0.3 is 0 Å². The van der Waals surface area contributed by atoms with Crippen molar-refractivity contribution in [1.29, 1.82) is 0 Å². The lowest BCUT2D eigenvalue weighted by Gasteiger charge is -2.33. The van der Waals surface area contributed by atoms with E-state index in [9.17, 15) is 18.0 Å². The molecule has 2 amide bonds. The first kappa shape index (κ1) is 29.5. The summed E-state index contributed by atoms with van der Waals surface area (Å²) in [5, 5.41) is 3.57. The van der Waals surface area contributed by atoms with Gasteiger partial charge in [-0.05, 0) is 42.7 Å². The monoisotopic (exact) mass is 581 g/mol. The zero-order chi connectivity index (χ0) is 26.3. The van der Waals surface area contributed by atoms with Crippen LogP contribution in [-0.4, -0.2) is 50.5 Å². The van der Waals surface area contributed by atoms with E-state index in [-0.39, 0.29) is 33.2 Å². The topological polar surface area (TPSA) is 86.8 Å².